The number of hydrogen-bond acceptors (Lipinski definition) is 9. The molecule has 3 fully saturated rings. The molecule has 0 unspecified atom stereocenters. The van der Waals surface area contributed by atoms with Crippen molar-refractivity contribution in [2.45, 2.75) is 39.5 Å². The molecule has 0 atom stereocenters. The Balaban J connectivity index is 1.64. The first-order chi connectivity index (χ1) is 13.7. The summed E-state index contributed by atoms with van der Waals surface area (Å²) < 4.78 is 69.1. The van der Waals surface area contributed by atoms with Gasteiger partial charge in [-0.3, -0.25) is 13.7 Å². The predicted octanol–water partition coefficient (Wildman–Crippen LogP) is 5.15. The molecular formula is C18H35O9P3. The van der Waals surface area contributed by atoms with E-state index in [0.29, 0.717) is 39.6 Å². The Kier molecular flexibility index (Phi) is 7.24. The molecule has 0 N–H and O–H groups in total. The highest BCUT2D eigenvalue weighted by molar-refractivity contribution is 7.53. The first-order valence-electron chi connectivity index (χ1n) is 10.3. The van der Waals surface area contributed by atoms with Crippen LogP contribution in [-0.4, -0.2) is 59.6 Å². The SMILES string of the molecule is CC1(CCC2(CCC3(C)COP(C)(=O)OC3)COP(C)(=O)OC2)COP(C)(=O)OC1. The highest BCUT2D eigenvalue weighted by Crippen LogP contribution is 2.57. The molecule has 3 heterocycles. The van der Waals surface area contributed by atoms with Crippen LogP contribution >= 0.6 is 22.8 Å². The fraction of sp³-hybridized carbons (Fsp3) is 1.00. The summed E-state index contributed by atoms with van der Waals surface area (Å²) in [5.74, 6) is 0. The van der Waals surface area contributed by atoms with Crippen LogP contribution in [0.4, 0.5) is 0 Å². The summed E-state index contributed by atoms with van der Waals surface area (Å²) in [6.07, 6.45) is 3.05. The lowest BCUT2D eigenvalue weighted by molar-refractivity contribution is -0.0380. The molecule has 0 aromatic carbocycles. The van der Waals surface area contributed by atoms with Crippen LogP contribution in [0.5, 0.6) is 0 Å². The van der Waals surface area contributed by atoms with E-state index in [4.69, 9.17) is 27.1 Å². The molecule has 0 saturated carbocycles. The minimum absolute atomic E-state index is 0.264. The monoisotopic (exact) mass is 488 g/mol. The molecule has 30 heavy (non-hydrogen) atoms. The van der Waals surface area contributed by atoms with Gasteiger partial charge in [-0.2, -0.15) is 0 Å². The Hall–Kier alpha value is 0.450. The molecule has 176 valence electrons. The van der Waals surface area contributed by atoms with Crippen LogP contribution < -0.4 is 0 Å². The normalized spacial score (nSPS) is 50.3. The van der Waals surface area contributed by atoms with E-state index in [9.17, 15) is 13.7 Å². The van der Waals surface area contributed by atoms with Gasteiger partial charge >= 0.3 is 22.8 Å². The molecule has 3 aliphatic rings. The van der Waals surface area contributed by atoms with Crippen molar-refractivity contribution in [2.24, 2.45) is 16.2 Å². The van der Waals surface area contributed by atoms with Gasteiger partial charge in [0.1, 0.15) is 0 Å². The Labute approximate surface area is 179 Å². The van der Waals surface area contributed by atoms with Crippen molar-refractivity contribution in [2.75, 3.05) is 59.6 Å². The van der Waals surface area contributed by atoms with E-state index in [1.165, 1.54) is 20.0 Å². The third-order valence-corrected chi connectivity index (χ3v) is 9.91. The summed E-state index contributed by atoms with van der Waals surface area (Å²) in [5, 5.41) is 0. The van der Waals surface area contributed by atoms with E-state index >= 15 is 0 Å². The van der Waals surface area contributed by atoms with Crippen LogP contribution in [0.15, 0.2) is 0 Å². The molecular weight excluding hydrogens is 453 g/mol. The summed E-state index contributed by atoms with van der Waals surface area (Å²) in [4.78, 5) is 0. The molecule has 0 amide bonds. The second kappa shape index (κ2) is 8.66. The van der Waals surface area contributed by atoms with Gasteiger partial charge in [0.05, 0.1) is 39.6 Å². The van der Waals surface area contributed by atoms with E-state index in [1.807, 2.05) is 0 Å². The molecule has 3 aliphatic heterocycles. The third kappa shape index (κ3) is 6.73. The van der Waals surface area contributed by atoms with E-state index in [2.05, 4.69) is 13.8 Å². The second-order valence-electron chi connectivity index (χ2n) is 10.1. The largest absolute Gasteiger partial charge is 0.327 e. The summed E-state index contributed by atoms with van der Waals surface area (Å²) in [6, 6.07) is 0. The van der Waals surface area contributed by atoms with Crippen molar-refractivity contribution in [3.63, 3.8) is 0 Å². The van der Waals surface area contributed by atoms with Crippen molar-refractivity contribution in [1.82, 2.24) is 0 Å². The van der Waals surface area contributed by atoms with Crippen molar-refractivity contribution in [3.8, 4) is 0 Å². The number of hydrogen-bond donors (Lipinski definition) is 0. The lowest BCUT2D eigenvalue weighted by atomic mass is 9.72. The zero-order valence-electron chi connectivity index (χ0n) is 18.6. The highest BCUT2D eigenvalue weighted by atomic mass is 31.2. The van der Waals surface area contributed by atoms with E-state index < -0.39 is 22.8 Å². The summed E-state index contributed by atoms with van der Waals surface area (Å²) in [7, 11) is -8.91. The van der Waals surface area contributed by atoms with E-state index in [0.717, 1.165) is 25.7 Å². The van der Waals surface area contributed by atoms with Crippen molar-refractivity contribution >= 4 is 22.8 Å². The molecule has 0 aromatic heterocycles. The summed E-state index contributed by atoms with van der Waals surface area (Å²) in [6.45, 7) is 10.7. The summed E-state index contributed by atoms with van der Waals surface area (Å²) >= 11 is 0. The quantitative estimate of drug-likeness (QED) is 0.469. The minimum atomic E-state index is -3.02. The molecule has 0 radical (unpaired) electrons. The minimum Gasteiger partial charge on any atom is -0.308 e. The van der Waals surface area contributed by atoms with Crippen LogP contribution in [0, 0.1) is 16.2 Å². The lowest BCUT2D eigenvalue weighted by Crippen LogP contribution is -2.41. The molecule has 0 aromatic rings. The fourth-order valence-corrected chi connectivity index (χ4v) is 7.10. The molecule has 12 heteroatoms. The standard InChI is InChI=1S/C18H35O9P3/c1-16(10-22-28(3,19)23-11-16)6-8-18(14-26-30(5,21)27-15-18)9-7-17(2)12-24-29(4,20)25-13-17/h6-15H2,1-5H3. The topological polar surface area (TPSA) is 107 Å². The highest BCUT2D eigenvalue weighted by Gasteiger charge is 2.45. The smallest absolute Gasteiger partial charge is 0.308 e. The van der Waals surface area contributed by atoms with Gasteiger partial charge in [0.2, 0.25) is 0 Å². The second-order valence-corrected chi connectivity index (χ2v) is 16.3. The van der Waals surface area contributed by atoms with Gasteiger partial charge in [-0.05, 0) is 25.7 Å². The Morgan fingerprint density at radius 3 is 1.10 bits per heavy atom. The Bertz CT molecular complexity index is 699. The zero-order valence-corrected chi connectivity index (χ0v) is 21.3. The predicted molar refractivity (Wildman–Crippen MR) is 113 cm³/mol. The first-order valence-corrected chi connectivity index (χ1v) is 16.2. The molecule has 0 bridgehead atoms. The van der Waals surface area contributed by atoms with Crippen molar-refractivity contribution in [3.05, 3.63) is 0 Å². The van der Waals surface area contributed by atoms with Crippen LogP contribution in [0.3, 0.4) is 0 Å². The van der Waals surface area contributed by atoms with Crippen LogP contribution in [0.25, 0.3) is 0 Å². The van der Waals surface area contributed by atoms with E-state index in [1.54, 1.807) is 0 Å². The van der Waals surface area contributed by atoms with E-state index in [-0.39, 0.29) is 16.2 Å². The third-order valence-electron chi connectivity index (χ3n) is 6.32. The van der Waals surface area contributed by atoms with Gasteiger partial charge in [-0.25, -0.2) is 0 Å². The van der Waals surface area contributed by atoms with Gasteiger partial charge < -0.3 is 27.1 Å². The fourth-order valence-electron chi connectivity index (χ4n) is 3.67. The molecule has 9 nitrogen and oxygen atoms in total. The van der Waals surface area contributed by atoms with Crippen LogP contribution in [0.2, 0.25) is 0 Å². The molecule has 3 rings (SSSR count). The Morgan fingerprint density at radius 1 is 0.533 bits per heavy atom. The Morgan fingerprint density at radius 2 is 0.800 bits per heavy atom. The average molecular weight is 488 g/mol. The van der Waals surface area contributed by atoms with Gasteiger partial charge in [0, 0.05) is 36.2 Å². The maximum atomic E-state index is 12.2. The maximum absolute atomic E-state index is 12.2. The van der Waals surface area contributed by atoms with Crippen LogP contribution in [0.1, 0.15) is 39.5 Å². The van der Waals surface area contributed by atoms with Crippen molar-refractivity contribution < 1.29 is 40.8 Å². The van der Waals surface area contributed by atoms with Crippen molar-refractivity contribution in [1.29, 1.82) is 0 Å². The molecule has 3 saturated heterocycles. The van der Waals surface area contributed by atoms with Gasteiger partial charge in [-0.1, -0.05) is 13.8 Å². The van der Waals surface area contributed by atoms with Gasteiger partial charge in [0.25, 0.3) is 0 Å². The first kappa shape index (κ1) is 25.1. The maximum Gasteiger partial charge on any atom is 0.327 e. The average Bonchev–Trinajstić information content (AvgIpc) is 2.66. The van der Waals surface area contributed by atoms with Gasteiger partial charge in [0.15, 0.2) is 0 Å². The molecule has 0 spiro atoms. The van der Waals surface area contributed by atoms with Gasteiger partial charge in [-0.15, -0.1) is 0 Å². The lowest BCUT2D eigenvalue weighted by Gasteiger charge is -2.44. The van der Waals surface area contributed by atoms with Crippen LogP contribution in [-0.2, 0) is 40.8 Å². The zero-order chi connectivity index (χ0) is 22.3. The molecule has 0 aliphatic carbocycles. The number of rotatable bonds is 6. The summed E-state index contributed by atoms with van der Waals surface area (Å²) in [5.41, 5.74) is -0.850.